The van der Waals surface area contributed by atoms with E-state index < -0.39 is 21.8 Å². The molecule has 7 heteroatoms. The molecule has 0 fully saturated rings. The zero-order valence-electron chi connectivity index (χ0n) is 12.6. The van der Waals surface area contributed by atoms with E-state index in [0.717, 1.165) is 10.9 Å². The Balaban J connectivity index is 2.51. The number of carbonyl (C=O) groups is 2. The predicted octanol–water partition coefficient (Wildman–Crippen LogP) is 2.78. The highest BCUT2D eigenvalue weighted by Crippen LogP contribution is 2.30. The molecule has 0 unspecified atom stereocenters. The Hall–Kier alpha value is -2.93. The maximum atomic E-state index is 13.0. The van der Waals surface area contributed by atoms with Crippen LogP contribution in [-0.2, 0) is 10.0 Å². The largest absolute Gasteiger partial charge is 0.478 e. The van der Waals surface area contributed by atoms with Gasteiger partial charge in [-0.3, -0.25) is 4.79 Å². The van der Waals surface area contributed by atoms with Crippen LogP contribution in [-0.4, -0.2) is 29.2 Å². The van der Waals surface area contributed by atoms with Crippen molar-refractivity contribution in [2.24, 2.45) is 0 Å². The molecule has 0 saturated carbocycles. The van der Waals surface area contributed by atoms with E-state index in [4.69, 9.17) is 0 Å². The van der Waals surface area contributed by atoms with E-state index in [-0.39, 0.29) is 27.1 Å². The second-order valence-corrected chi connectivity index (χ2v) is 6.97. The van der Waals surface area contributed by atoms with Gasteiger partial charge in [0.15, 0.2) is 5.78 Å². The molecule has 0 amide bonds. The van der Waals surface area contributed by atoms with Crippen molar-refractivity contribution in [3.8, 4) is 0 Å². The monoisotopic (exact) mass is 343 g/mol. The Bertz CT molecular complexity index is 1070. The fourth-order valence-electron chi connectivity index (χ4n) is 2.69. The lowest BCUT2D eigenvalue weighted by Crippen LogP contribution is -2.19. The maximum absolute atomic E-state index is 13.0. The van der Waals surface area contributed by atoms with Gasteiger partial charge >= 0.3 is 5.97 Å². The number of aromatic nitrogens is 1. The number of carboxylic acids is 1. The molecule has 0 radical (unpaired) electrons. The quantitative estimate of drug-likeness (QED) is 0.735. The molecule has 24 heavy (non-hydrogen) atoms. The van der Waals surface area contributed by atoms with Gasteiger partial charge in [-0.05, 0) is 18.2 Å². The lowest BCUT2D eigenvalue weighted by Gasteiger charge is -2.10. The average molecular weight is 343 g/mol. The van der Waals surface area contributed by atoms with Gasteiger partial charge in [-0.1, -0.05) is 36.4 Å². The third kappa shape index (κ3) is 2.30. The first-order valence-electron chi connectivity index (χ1n) is 7.04. The average Bonchev–Trinajstić information content (AvgIpc) is 2.92. The molecule has 0 aliphatic rings. The van der Waals surface area contributed by atoms with Crippen LogP contribution in [0.4, 0.5) is 0 Å². The van der Waals surface area contributed by atoms with Crippen molar-refractivity contribution in [2.45, 2.75) is 11.8 Å². The van der Waals surface area contributed by atoms with Crippen LogP contribution >= 0.6 is 0 Å². The summed E-state index contributed by atoms with van der Waals surface area (Å²) in [6.07, 6.45) is 0. The summed E-state index contributed by atoms with van der Waals surface area (Å²) in [5.41, 5.74) is -0.505. The van der Waals surface area contributed by atoms with E-state index in [1.807, 2.05) is 0 Å². The molecule has 2 aromatic carbocycles. The van der Waals surface area contributed by atoms with E-state index in [2.05, 4.69) is 0 Å². The minimum atomic E-state index is -4.12. The summed E-state index contributed by atoms with van der Waals surface area (Å²) >= 11 is 0. The Kier molecular flexibility index (Phi) is 3.73. The Morgan fingerprint density at radius 2 is 1.54 bits per heavy atom. The van der Waals surface area contributed by atoms with Crippen LogP contribution in [0.25, 0.3) is 10.9 Å². The number of hydrogen-bond acceptors (Lipinski definition) is 4. The highest BCUT2D eigenvalue weighted by Gasteiger charge is 2.31. The molecule has 0 atom stereocenters. The van der Waals surface area contributed by atoms with Crippen molar-refractivity contribution in [3.05, 3.63) is 65.9 Å². The van der Waals surface area contributed by atoms with Gasteiger partial charge in [-0.15, -0.1) is 0 Å². The summed E-state index contributed by atoms with van der Waals surface area (Å²) < 4.78 is 26.9. The van der Waals surface area contributed by atoms with Gasteiger partial charge in [0.1, 0.15) is 5.69 Å². The van der Waals surface area contributed by atoms with Crippen LogP contribution in [0.3, 0.4) is 0 Å². The number of benzene rings is 2. The smallest absolute Gasteiger partial charge is 0.338 e. The minimum Gasteiger partial charge on any atom is -0.478 e. The van der Waals surface area contributed by atoms with E-state index in [0.29, 0.717) is 0 Å². The van der Waals surface area contributed by atoms with Crippen LogP contribution in [0.15, 0.2) is 59.5 Å². The number of aromatic carboxylic acids is 1. The van der Waals surface area contributed by atoms with Crippen LogP contribution < -0.4 is 0 Å². The van der Waals surface area contributed by atoms with Crippen LogP contribution in [0.5, 0.6) is 0 Å². The first-order valence-corrected chi connectivity index (χ1v) is 8.48. The van der Waals surface area contributed by atoms with Crippen molar-refractivity contribution in [1.82, 2.24) is 3.97 Å². The first-order chi connectivity index (χ1) is 11.4. The van der Waals surface area contributed by atoms with E-state index in [1.165, 1.54) is 24.3 Å². The number of nitrogens with zero attached hydrogens (tertiary/aromatic N) is 1. The molecule has 0 bridgehead atoms. The Morgan fingerprint density at radius 1 is 0.958 bits per heavy atom. The zero-order valence-corrected chi connectivity index (χ0v) is 13.4. The molecular formula is C17H13NO5S. The Labute approximate surface area is 138 Å². The molecule has 0 saturated heterocycles. The van der Waals surface area contributed by atoms with Gasteiger partial charge in [0.05, 0.1) is 16.0 Å². The number of hydrogen-bond donors (Lipinski definition) is 1. The van der Waals surface area contributed by atoms with Gasteiger partial charge in [0.25, 0.3) is 10.0 Å². The van der Waals surface area contributed by atoms with E-state index >= 15 is 0 Å². The summed E-state index contributed by atoms with van der Waals surface area (Å²) in [5.74, 6) is -1.98. The van der Waals surface area contributed by atoms with E-state index in [9.17, 15) is 23.1 Å². The predicted molar refractivity (Wildman–Crippen MR) is 87.9 cm³/mol. The number of fused-ring (bicyclic) bond motifs is 1. The molecule has 1 heterocycles. The molecule has 0 spiro atoms. The number of ketones is 1. The van der Waals surface area contributed by atoms with E-state index in [1.54, 1.807) is 30.3 Å². The summed E-state index contributed by atoms with van der Waals surface area (Å²) in [6.45, 7) is 1.15. The Morgan fingerprint density at radius 3 is 2.12 bits per heavy atom. The van der Waals surface area contributed by atoms with Crippen molar-refractivity contribution in [2.75, 3.05) is 0 Å². The number of Topliss-reactive ketones (excluding diaryl/α,β-unsaturated/α-hetero) is 1. The molecule has 6 nitrogen and oxygen atoms in total. The number of carbonyl (C=O) groups excluding carboxylic acids is 1. The fraction of sp³-hybridized carbons (Fsp3) is 0.0588. The number of rotatable bonds is 4. The SMILES string of the molecule is CC(=O)c1c(C(=O)O)c2ccccc2n1S(=O)(=O)c1ccccc1. The number of para-hydroxylation sites is 1. The van der Waals surface area contributed by atoms with Gasteiger partial charge in [0.2, 0.25) is 0 Å². The van der Waals surface area contributed by atoms with Gasteiger partial charge in [-0.25, -0.2) is 17.2 Å². The van der Waals surface area contributed by atoms with Crippen LogP contribution in [0, 0.1) is 0 Å². The standard InChI is InChI=1S/C17H13NO5S/c1-11(19)16-15(17(20)21)13-9-5-6-10-14(13)18(16)24(22,23)12-7-3-2-4-8-12/h2-10H,1H3,(H,20,21). The maximum Gasteiger partial charge on any atom is 0.338 e. The normalized spacial score (nSPS) is 11.5. The molecule has 0 aliphatic carbocycles. The first kappa shape index (κ1) is 15.9. The summed E-state index contributed by atoms with van der Waals surface area (Å²) in [5, 5.41) is 9.71. The molecule has 1 aromatic heterocycles. The highest BCUT2D eigenvalue weighted by molar-refractivity contribution is 7.90. The molecular weight excluding hydrogens is 330 g/mol. The summed E-state index contributed by atoms with van der Waals surface area (Å²) in [4.78, 5) is 23.7. The second kappa shape index (κ2) is 5.61. The van der Waals surface area contributed by atoms with Gasteiger partial charge < -0.3 is 5.11 Å². The van der Waals surface area contributed by atoms with Crippen molar-refractivity contribution >= 4 is 32.7 Å². The minimum absolute atomic E-state index is 0.0230. The van der Waals surface area contributed by atoms with Crippen LogP contribution in [0.1, 0.15) is 27.8 Å². The lowest BCUT2D eigenvalue weighted by atomic mass is 10.1. The zero-order chi connectivity index (χ0) is 17.5. The van der Waals surface area contributed by atoms with Gasteiger partial charge in [-0.2, -0.15) is 0 Å². The molecule has 3 rings (SSSR count). The van der Waals surface area contributed by atoms with Crippen molar-refractivity contribution in [1.29, 1.82) is 0 Å². The van der Waals surface area contributed by atoms with Crippen molar-refractivity contribution < 1.29 is 23.1 Å². The highest BCUT2D eigenvalue weighted by atomic mass is 32.2. The third-order valence-corrected chi connectivity index (χ3v) is 5.39. The molecule has 3 aromatic rings. The van der Waals surface area contributed by atoms with Gasteiger partial charge in [0, 0.05) is 12.3 Å². The van der Waals surface area contributed by atoms with Crippen molar-refractivity contribution in [3.63, 3.8) is 0 Å². The van der Waals surface area contributed by atoms with Crippen LogP contribution in [0.2, 0.25) is 0 Å². The summed E-state index contributed by atoms with van der Waals surface area (Å²) in [7, 11) is -4.12. The molecule has 122 valence electrons. The number of carboxylic acid groups (broad SMARTS) is 1. The fourth-order valence-corrected chi connectivity index (χ4v) is 4.28. The topological polar surface area (TPSA) is 93.4 Å². The lowest BCUT2D eigenvalue weighted by molar-refractivity contribution is 0.0694. The third-order valence-electron chi connectivity index (χ3n) is 3.66. The second-order valence-electron chi connectivity index (χ2n) is 5.18. The summed E-state index contributed by atoms with van der Waals surface area (Å²) in [6, 6.07) is 13.7. The molecule has 1 N–H and O–H groups in total. The molecule has 0 aliphatic heterocycles.